The number of likely N-dealkylation sites (tertiary alicyclic amines) is 1. The van der Waals surface area contributed by atoms with Crippen molar-refractivity contribution in [2.45, 2.75) is 57.4 Å². The monoisotopic (exact) mass is 294 g/mol. The summed E-state index contributed by atoms with van der Waals surface area (Å²) in [6.45, 7) is 6.20. The molecular formula is C17H30N2O2. The van der Waals surface area contributed by atoms with E-state index in [1.54, 1.807) is 0 Å². The topological polar surface area (TPSA) is 52.6 Å². The van der Waals surface area contributed by atoms with Crippen molar-refractivity contribution in [1.29, 1.82) is 0 Å². The van der Waals surface area contributed by atoms with Crippen molar-refractivity contribution in [1.82, 2.24) is 10.2 Å². The quantitative estimate of drug-likeness (QED) is 0.738. The largest absolute Gasteiger partial charge is 0.396 e. The highest BCUT2D eigenvalue weighted by atomic mass is 16.3. The highest BCUT2D eigenvalue weighted by molar-refractivity contribution is 5.78. The number of carbonyl (C=O) groups excluding carboxylic acids is 1. The maximum Gasteiger partial charge on any atom is 0.234 e. The predicted octanol–water partition coefficient (Wildman–Crippen LogP) is 2.09. The molecule has 0 radical (unpaired) electrons. The number of nitrogens with zero attached hydrogens (tertiary/aromatic N) is 1. The molecule has 1 aliphatic heterocycles. The van der Waals surface area contributed by atoms with E-state index >= 15 is 0 Å². The predicted molar refractivity (Wildman–Crippen MR) is 85.0 cm³/mol. The molecule has 4 heteroatoms. The standard InChI is InChI=1S/C17H30N2O2/c1-2-9-17(14-20)10-6-11-19(13-17)12-16(21)18-15-7-4-3-5-8-15/h2,15,20H,1,3-14H2,(H,18,21). The first-order chi connectivity index (χ1) is 10.2. The van der Waals surface area contributed by atoms with Crippen molar-refractivity contribution in [3.63, 3.8) is 0 Å². The zero-order valence-corrected chi connectivity index (χ0v) is 13.1. The van der Waals surface area contributed by atoms with Gasteiger partial charge >= 0.3 is 0 Å². The van der Waals surface area contributed by atoms with Gasteiger partial charge < -0.3 is 10.4 Å². The number of aliphatic hydroxyl groups is 1. The van der Waals surface area contributed by atoms with Crippen LogP contribution < -0.4 is 5.32 Å². The lowest BCUT2D eigenvalue weighted by Gasteiger charge is -2.41. The number of allylic oxidation sites excluding steroid dienone is 1. The number of piperidine rings is 1. The van der Waals surface area contributed by atoms with E-state index in [1.807, 2.05) is 6.08 Å². The number of carbonyl (C=O) groups is 1. The van der Waals surface area contributed by atoms with Crippen LogP contribution in [0.5, 0.6) is 0 Å². The van der Waals surface area contributed by atoms with E-state index in [1.165, 1.54) is 19.3 Å². The second kappa shape index (κ2) is 7.95. The number of nitrogens with one attached hydrogen (secondary N) is 1. The minimum atomic E-state index is -0.0921. The first kappa shape index (κ1) is 16.5. The molecule has 0 aromatic heterocycles. The first-order valence-electron chi connectivity index (χ1n) is 8.41. The number of rotatable bonds is 6. The van der Waals surface area contributed by atoms with E-state index in [-0.39, 0.29) is 17.9 Å². The van der Waals surface area contributed by atoms with Crippen LogP contribution >= 0.6 is 0 Å². The van der Waals surface area contributed by atoms with Gasteiger partial charge in [0.15, 0.2) is 0 Å². The average molecular weight is 294 g/mol. The molecule has 2 rings (SSSR count). The molecule has 0 bridgehead atoms. The Bertz CT molecular complexity index is 353. The molecule has 0 aromatic rings. The molecule has 2 aliphatic rings. The van der Waals surface area contributed by atoms with Gasteiger partial charge in [0, 0.05) is 18.0 Å². The lowest BCUT2D eigenvalue weighted by molar-refractivity contribution is -0.124. The van der Waals surface area contributed by atoms with Crippen molar-refractivity contribution in [2.75, 3.05) is 26.2 Å². The van der Waals surface area contributed by atoms with Crippen molar-refractivity contribution >= 4 is 5.91 Å². The van der Waals surface area contributed by atoms with Crippen LogP contribution in [0.3, 0.4) is 0 Å². The van der Waals surface area contributed by atoms with Gasteiger partial charge in [-0.3, -0.25) is 9.69 Å². The normalized spacial score (nSPS) is 28.2. The Morgan fingerprint density at radius 1 is 1.33 bits per heavy atom. The third kappa shape index (κ3) is 4.82. The molecule has 0 aromatic carbocycles. The summed E-state index contributed by atoms with van der Waals surface area (Å²) >= 11 is 0. The Morgan fingerprint density at radius 3 is 2.76 bits per heavy atom. The fourth-order valence-corrected chi connectivity index (χ4v) is 3.83. The van der Waals surface area contributed by atoms with Crippen LogP contribution in [0.2, 0.25) is 0 Å². The van der Waals surface area contributed by atoms with E-state index in [4.69, 9.17) is 0 Å². The van der Waals surface area contributed by atoms with Crippen LogP contribution in [-0.4, -0.2) is 48.2 Å². The van der Waals surface area contributed by atoms with E-state index in [9.17, 15) is 9.90 Å². The third-order valence-corrected chi connectivity index (χ3v) is 4.99. The van der Waals surface area contributed by atoms with E-state index in [0.717, 1.165) is 45.2 Å². The number of hydrogen-bond acceptors (Lipinski definition) is 3. The molecule has 2 fully saturated rings. The number of amides is 1. The summed E-state index contributed by atoms with van der Waals surface area (Å²) in [5.41, 5.74) is -0.0921. The maximum absolute atomic E-state index is 12.2. The second-order valence-electron chi connectivity index (χ2n) is 6.87. The van der Waals surface area contributed by atoms with E-state index < -0.39 is 0 Å². The van der Waals surface area contributed by atoms with Crippen molar-refractivity contribution in [2.24, 2.45) is 5.41 Å². The zero-order chi connectivity index (χ0) is 15.1. The van der Waals surface area contributed by atoms with Crippen LogP contribution in [0.4, 0.5) is 0 Å². The SMILES string of the molecule is C=CCC1(CO)CCCN(CC(=O)NC2CCCCC2)C1. The molecule has 1 saturated carbocycles. The van der Waals surface area contributed by atoms with Crippen LogP contribution in [0, 0.1) is 5.41 Å². The second-order valence-corrected chi connectivity index (χ2v) is 6.87. The summed E-state index contributed by atoms with van der Waals surface area (Å²) in [6, 6.07) is 0.381. The Kier molecular flexibility index (Phi) is 6.24. The minimum absolute atomic E-state index is 0.0921. The molecule has 1 unspecified atom stereocenters. The third-order valence-electron chi connectivity index (χ3n) is 4.99. The van der Waals surface area contributed by atoms with Gasteiger partial charge in [-0.2, -0.15) is 0 Å². The van der Waals surface area contributed by atoms with Gasteiger partial charge in [0.2, 0.25) is 5.91 Å². The summed E-state index contributed by atoms with van der Waals surface area (Å²) in [6.07, 6.45) is 10.8. The highest BCUT2D eigenvalue weighted by Gasteiger charge is 2.34. The molecular weight excluding hydrogens is 264 g/mol. The molecule has 0 spiro atoms. The Hall–Kier alpha value is -0.870. The summed E-state index contributed by atoms with van der Waals surface area (Å²) in [5.74, 6) is 0.147. The van der Waals surface area contributed by atoms with Crippen LogP contribution in [0.25, 0.3) is 0 Å². The van der Waals surface area contributed by atoms with E-state index in [0.29, 0.717) is 12.6 Å². The Labute approximate surface area is 128 Å². The lowest BCUT2D eigenvalue weighted by Crippen LogP contribution is -2.49. The molecule has 1 atom stereocenters. The molecule has 1 saturated heterocycles. The minimum Gasteiger partial charge on any atom is -0.396 e. The van der Waals surface area contributed by atoms with Crippen LogP contribution in [0.15, 0.2) is 12.7 Å². The van der Waals surface area contributed by atoms with Crippen molar-refractivity contribution in [3.05, 3.63) is 12.7 Å². The zero-order valence-electron chi connectivity index (χ0n) is 13.1. The van der Waals surface area contributed by atoms with Gasteiger partial charge in [-0.05, 0) is 38.6 Å². The van der Waals surface area contributed by atoms with Crippen LogP contribution in [-0.2, 0) is 4.79 Å². The Balaban J connectivity index is 1.81. The van der Waals surface area contributed by atoms with Gasteiger partial charge in [0.25, 0.3) is 0 Å². The molecule has 120 valence electrons. The summed E-state index contributed by atoms with van der Waals surface area (Å²) in [5, 5.41) is 12.9. The van der Waals surface area contributed by atoms with Gasteiger partial charge in [-0.1, -0.05) is 25.3 Å². The molecule has 4 nitrogen and oxygen atoms in total. The van der Waals surface area contributed by atoms with Crippen molar-refractivity contribution in [3.8, 4) is 0 Å². The van der Waals surface area contributed by atoms with Crippen molar-refractivity contribution < 1.29 is 9.90 Å². The number of aliphatic hydroxyl groups excluding tert-OH is 1. The summed E-state index contributed by atoms with van der Waals surface area (Å²) in [4.78, 5) is 14.4. The average Bonchev–Trinajstić information content (AvgIpc) is 2.49. The highest BCUT2D eigenvalue weighted by Crippen LogP contribution is 2.33. The molecule has 2 N–H and O–H groups in total. The summed E-state index contributed by atoms with van der Waals surface area (Å²) < 4.78 is 0. The fourth-order valence-electron chi connectivity index (χ4n) is 3.83. The maximum atomic E-state index is 12.2. The van der Waals surface area contributed by atoms with Crippen LogP contribution in [0.1, 0.15) is 51.4 Å². The van der Waals surface area contributed by atoms with Gasteiger partial charge in [0.05, 0.1) is 13.2 Å². The fraction of sp³-hybridized carbons (Fsp3) is 0.824. The lowest BCUT2D eigenvalue weighted by atomic mass is 9.78. The molecule has 1 heterocycles. The smallest absolute Gasteiger partial charge is 0.234 e. The molecule has 21 heavy (non-hydrogen) atoms. The molecule has 1 aliphatic carbocycles. The number of hydrogen-bond donors (Lipinski definition) is 2. The van der Waals surface area contributed by atoms with Gasteiger partial charge in [-0.25, -0.2) is 0 Å². The van der Waals surface area contributed by atoms with E-state index in [2.05, 4.69) is 16.8 Å². The van der Waals surface area contributed by atoms with Gasteiger partial charge in [-0.15, -0.1) is 6.58 Å². The Morgan fingerprint density at radius 2 is 2.10 bits per heavy atom. The molecule has 1 amide bonds. The summed E-state index contributed by atoms with van der Waals surface area (Å²) in [7, 11) is 0. The van der Waals surface area contributed by atoms with Gasteiger partial charge in [0.1, 0.15) is 0 Å². The first-order valence-corrected chi connectivity index (χ1v) is 8.41.